The fourth-order valence-electron chi connectivity index (χ4n) is 5.11. The second-order valence-corrected chi connectivity index (χ2v) is 11.8. The summed E-state index contributed by atoms with van der Waals surface area (Å²) in [5, 5.41) is 5.46. The zero-order chi connectivity index (χ0) is 28.3. The van der Waals surface area contributed by atoms with Gasteiger partial charge in [-0.3, -0.25) is 6.08 Å². The van der Waals surface area contributed by atoms with E-state index in [2.05, 4.69) is 149 Å². The van der Waals surface area contributed by atoms with Crippen LogP contribution in [0.3, 0.4) is 0 Å². The van der Waals surface area contributed by atoms with Gasteiger partial charge in [0.25, 0.3) is 0 Å². The molecule has 1 unspecified atom stereocenters. The van der Waals surface area contributed by atoms with E-state index in [4.69, 9.17) is 0 Å². The van der Waals surface area contributed by atoms with Crippen molar-refractivity contribution in [3.63, 3.8) is 0 Å². The van der Waals surface area contributed by atoms with Gasteiger partial charge in [-0.1, -0.05) is 80.8 Å². The number of rotatable bonds is 6. The summed E-state index contributed by atoms with van der Waals surface area (Å²) in [6.07, 6.45) is 13.0. The van der Waals surface area contributed by atoms with E-state index in [9.17, 15) is 0 Å². The Kier molecular flexibility index (Phi) is 11.3. The Labute approximate surface area is 256 Å². The zero-order valence-corrected chi connectivity index (χ0v) is 26.8. The van der Waals surface area contributed by atoms with Crippen molar-refractivity contribution in [1.82, 2.24) is 0 Å². The molecule has 1 atom stereocenters. The van der Waals surface area contributed by atoms with Crippen molar-refractivity contribution in [3.8, 4) is 0 Å². The van der Waals surface area contributed by atoms with Gasteiger partial charge < -0.3 is 0 Å². The van der Waals surface area contributed by atoms with Crippen molar-refractivity contribution in [2.75, 3.05) is 0 Å². The summed E-state index contributed by atoms with van der Waals surface area (Å²) in [5.41, 5.74) is 6.74. The van der Waals surface area contributed by atoms with Gasteiger partial charge in [-0.05, 0) is 13.8 Å². The summed E-state index contributed by atoms with van der Waals surface area (Å²) in [6.45, 7) is 8.73. The molecule has 40 heavy (non-hydrogen) atoms. The number of aryl methyl sites for hydroxylation is 2. The molecule has 6 rings (SSSR count). The molecule has 0 bridgehead atoms. The molecule has 0 aromatic heterocycles. The molecule has 0 N–H and O–H groups in total. The molecule has 200 valence electrons. The summed E-state index contributed by atoms with van der Waals surface area (Å²) >= 11 is 1.46. The van der Waals surface area contributed by atoms with Crippen molar-refractivity contribution >= 4 is 24.8 Å². The molecule has 1 aliphatic rings. The number of fused-ring (bicyclic) bond motifs is 3. The minimum atomic E-state index is 0.626. The van der Waals surface area contributed by atoms with Gasteiger partial charge in [-0.15, -0.1) is 39.7 Å². The fourth-order valence-corrected chi connectivity index (χ4v) is 5.93. The molecular weight excluding hydrogens is 560 g/mol. The summed E-state index contributed by atoms with van der Waals surface area (Å²) in [7, 11) is 0. The standard InChI is InChI=1S/C15H13.C13H10.C11H17.Zr/c1-10-3-5-14-12(7-10)9-13-8-11(2)4-6-15(13)14;1-3-7-12(8-4-1)11-13-9-5-2-6-10-13;1-3-5-10-7-8-11(9-10)6-4-2;/h3-9H,1-2H3;1-10H;7-8,10H,3-6H2,1-2H3;/q-1;;-1;+2. The quantitative estimate of drug-likeness (QED) is 0.170. The predicted octanol–water partition coefficient (Wildman–Crippen LogP) is 10.6. The van der Waals surface area contributed by atoms with E-state index in [0.29, 0.717) is 5.92 Å². The number of allylic oxidation sites excluding steroid dienone is 4. The van der Waals surface area contributed by atoms with Gasteiger partial charge in [0.05, 0.1) is 0 Å². The average molecular weight is 600 g/mol. The molecule has 0 nitrogen and oxygen atoms in total. The van der Waals surface area contributed by atoms with Crippen LogP contribution >= 0.6 is 0 Å². The van der Waals surface area contributed by atoms with Crippen LogP contribution in [0.15, 0.2) is 121 Å². The molecule has 0 saturated carbocycles. The molecule has 0 fully saturated rings. The second kappa shape index (κ2) is 15.1. The van der Waals surface area contributed by atoms with E-state index < -0.39 is 0 Å². The molecular formula is C39H40Zr. The summed E-state index contributed by atoms with van der Waals surface area (Å²) in [5.74, 6) is 0.626. The van der Waals surface area contributed by atoms with Gasteiger partial charge in [-0.2, -0.15) is 6.08 Å². The van der Waals surface area contributed by atoms with Crippen LogP contribution in [-0.4, -0.2) is 3.21 Å². The van der Waals surface area contributed by atoms with Crippen molar-refractivity contribution in [3.05, 3.63) is 149 Å². The first-order valence-electron chi connectivity index (χ1n) is 14.5. The van der Waals surface area contributed by atoms with Crippen LogP contribution in [0.2, 0.25) is 0 Å². The molecule has 5 aromatic carbocycles. The molecule has 5 aromatic rings. The average Bonchev–Trinajstić information content (AvgIpc) is 3.57. The summed E-state index contributed by atoms with van der Waals surface area (Å²) in [6, 6.07) is 36.7. The van der Waals surface area contributed by atoms with Gasteiger partial charge in [0, 0.05) is 0 Å². The summed E-state index contributed by atoms with van der Waals surface area (Å²) in [4.78, 5) is 0. The van der Waals surface area contributed by atoms with Gasteiger partial charge in [0.1, 0.15) is 0 Å². The molecule has 1 aliphatic carbocycles. The number of benzene rings is 4. The van der Waals surface area contributed by atoms with E-state index in [1.165, 1.54) is 102 Å². The van der Waals surface area contributed by atoms with Gasteiger partial charge in [-0.25, -0.2) is 11.6 Å². The van der Waals surface area contributed by atoms with Gasteiger partial charge >= 0.3 is 99.2 Å². The minimum absolute atomic E-state index is 0.626. The van der Waals surface area contributed by atoms with Crippen LogP contribution in [0.5, 0.6) is 0 Å². The Balaban J connectivity index is 0.000000141. The number of hydrogen-bond acceptors (Lipinski definition) is 0. The third-order valence-electron chi connectivity index (χ3n) is 7.16. The Morgan fingerprint density at radius 2 is 1.25 bits per heavy atom. The first-order chi connectivity index (χ1) is 19.5. The van der Waals surface area contributed by atoms with E-state index in [1.807, 2.05) is 0 Å². The van der Waals surface area contributed by atoms with E-state index in [0.717, 1.165) is 0 Å². The first kappa shape index (κ1) is 30.0. The SMILES string of the molecule is CCCC1=[C-]C(CCC)C=C1.Cc1ccc2c(c1)[cH-]c1cc(C)ccc12.[Zr+2]=[C](c1ccccc1)c1ccccc1. The Morgan fingerprint density at radius 1 is 0.725 bits per heavy atom. The van der Waals surface area contributed by atoms with Crippen LogP contribution < -0.4 is 0 Å². The molecule has 0 aliphatic heterocycles. The molecule has 0 heterocycles. The monoisotopic (exact) mass is 598 g/mol. The third kappa shape index (κ3) is 8.25. The van der Waals surface area contributed by atoms with Crippen LogP contribution in [0.25, 0.3) is 21.5 Å². The zero-order valence-electron chi connectivity index (χ0n) is 24.4. The predicted molar refractivity (Wildman–Crippen MR) is 172 cm³/mol. The number of hydrogen-bond donors (Lipinski definition) is 0. The topological polar surface area (TPSA) is 0 Å². The van der Waals surface area contributed by atoms with Crippen molar-refractivity contribution in [2.45, 2.75) is 53.4 Å². The van der Waals surface area contributed by atoms with E-state index >= 15 is 0 Å². The first-order valence-corrected chi connectivity index (χ1v) is 15.8. The van der Waals surface area contributed by atoms with Crippen molar-refractivity contribution < 1.29 is 24.2 Å². The molecule has 0 amide bonds. The molecule has 0 radical (unpaired) electrons. The van der Waals surface area contributed by atoms with Crippen LogP contribution in [-0.2, 0) is 24.2 Å². The van der Waals surface area contributed by atoms with Crippen molar-refractivity contribution in [2.24, 2.45) is 5.92 Å². The Bertz CT molecular complexity index is 1480. The Morgan fingerprint density at radius 3 is 1.73 bits per heavy atom. The van der Waals surface area contributed by atoms with Gasteiger partial charge in [0.15, 0.2) is 0 Å². The third-order valence-corrected chi connectivity index (χ3v) is 8.58. The van der Waals surface area contributed by atoms with Gasteiger partial charge in [0.2, 0.25) is 0 Å². The van der Waals surface area contributed by atoms with E-state index in [-0.39, 0.29) is 0 Å². The van der Waals surface area contributed by atoms with E-state index in [1.54, 1.807) is 0 Å². The maximum absolute atomic E-state index is 3.50. The second-order valence-electron chi connectivity index (χ2n) is 10.6. The Hall–Kier alpha value is -3.02. The van der Waals surface area contributed by atoms with Crippen LogP contribution in [0.1, 0.15) is 61.8 Å². The summed E-state index contributed by atoms with van der Waals surface area (Å²) < 4.78 is 1.42. The molecule has 0 saturated heterocycles. The fraction of sp³-hybridized carbons (Fsp3) is 0.231. The molecule has 0 spiro atoms. The molecule has 1 heteroatoms. The van der Waals surface area contributed by atoms with Crippen molar-refractivity contribution in [1.29, 1.82) is 0 Å². The maximum atomic E-state index is 3.50. The van der Waals surface area contributed by atoms with Crippen LogP contribution in [0.4, 0.5) is 0 Å². The normalized spacial score (nSPS) is 13.8. The van der Waals surface area contributed by atoms with Crippen LogP contribution in [0, 0.1) is 25.8 Å².